The van der Waals surface area contributed by atoms with Gasteiger partial charge in [0.2, 0.25) is 5.91 Å². The Morgan fingerprint density at radius 2 is 1.87 bits per heavy atom. The smallest absolute Gasteiger partial charge is 0.329 e. The van der Waals surface area contributed by atoms with Gasteiger partial charge in [0, 0.05) is 6.54 Å². The molecule has 7 nitrogen and oxygen atoms in total. The summed E-state index contributed by atoms with van der Waals surface area (Å²) >= 11 is 0. The quantitative estimate of drug-likeness (QED) is 0.604. The molecule has 0 radical (unpaired) electrons. The van der Waals surface area contributed by atoms with Crippen molar-refractivity contribution in [2.75, 3.05) is 13.2 Å². The van der Waals surface area contributed by atoms with E-state index in [0.29, 0.717) is 25.8 Å². The van der Waals surface area contributed by atoms with Crippen LogP contribution in [0.4, 0.5) is 0 Å². The number of esters is 2. The predicted molar refractivity (Wildman–Crippen MR) is 118 cm³/mol. The third kappa shape index (κ3) is 7.65. The Hall–Kier alpha value is -2.41. The molecule has 0 saturated carbocycles. The predicted octanol–water partition coefficient (Wildman–Crippen LogP) is 2.86. The zero-order valence-corrected chi connectivity index (χ0v) is 19.3. The van der Waals surface area contributed by atoms with Gasteiger partial charge in [0.1, 0.15) is 17.7 Å². The lowest BCUT2D eigenvalue weighted by molar-refractivity contribution is -0.163. The summed E-state index contributed by atoms with van der Waals surface area (Å²) in [5.41, 5.74) is 0.507. The van der Waals surface area contributed by atoms with Crippen LogP contribution in [0.3, 0.4) is 0 Å². The van der Waals surface area contributed by atoms with Crippen LogP contribution in [0.1, 0.15) is 59.4 Å². The summed E-state index contributed by atoms with van der Waals surface area (Å²) in [5, 5.41) is 3.14. The van der Waals surface area contributed by atoms with Gasteiger partial charge in [-0.05, 0) is 65.9 Å². The number of benzene rings is 1. The Bertz CT molecular complexity index is 744. The lowest BCUT2D eigenvalue weighted by Crippen LogP contribution is -2.53. The van der Waals surface area contributed by atoms with Crippen LogP contribution in [0.2, 0.25) is 0 Å². The minimum absolute atomic E-state index is 0.206. The summed E-state index contributed by atoms with van der Waals surface area (Å²) < 4.78 is 10.7. The summed E-state index contributed by atoms with van der Waals surface area (Å²) in [6, 6.07) is 8.05. The van der Waals surface area contributed by atoms with E-state index in [0.717, 1.165) is 12.0 Å². The number of aryl methyl sites for hydroxylation is 1. The van der Waals surface area contributed by atoms with Crippen LogP contribution in [-0.4, -0.2) is 59.6 Å². The van der Waals surface area contributed by atoms with E-state index in [1.54, 1.807) is 18.7 Å². The molecule has 0 bridgehead atoms. The highest BCUT2D eigenvalue weighted by Crippen LogP contribution is 2.22. The van der Waals surface area contributed by atoms with Crippen LogP contribution in [-0.2, 0) is 30.3 Å². The SMILES string of the molecule is CCOC(=O)[C@H](CCc1ccccc1)N[C@@H](C)C(=O)N1CCC[C@H]1C(=O)OC(C)(C)C. The highest BCUT2D eigenvalue weighted by molar-refractivity contribution is 5.88. The summed E-state index contributed by atoms with van der Waals surface area (Å²) in [6.45, 7) is 9.70. The van der Waals surface area contributed by atoms with Crippen LogP contribution in [0.25, 0.3) is 0 Å². The molecule has 1 fully saturated rings. The van der Waals surface area contributed by atoms with Gasteiger partial charge in [-0.25, -0.2) is 4.79 Å². The second kappa shape index (κ2) is 11.3. The molecule has 0 unspecified atom stereocenters. The minimum Gasteiger partial charge on any atom is -0.465 e. The van der Waals surface area contributed by atoms with Gasteiger partial charge in [-0.15, -0.1) is 0 Å². The van der Waals surface area contributed by atoms with Crippen molar-refractivity contribution < 1.29 is 23.9 Å². The number of carbonyl (C=O) groups excluding carboxylic acids is 3. The number of nitrogens with one attached hydrogen (secondary N) is 1. The average molecular weight is 433 g/mol. The van der Waals surface area contributed by atoms with Crippen LogP contribution in [0.5, 0.6) is 0 Å². The van der Waals surface area contributed by atoms with Crippen LogP contribution in [0.15, 0.2) is 30.3 Å². The van der Waals surface area contributed by atoms with Crippen molar-refractivity contribution in [1.29, 1.82) is 0 Å². The largest absolute Gasteiger partial charge is 0.465 e. The number of ether oxygens (including phenoxy) is 2. The van der Waals surface area contributed by atoms with Crippen molar-refractivity contribution in [3.63, 3.8) is 0 Å². The van der Waals surface area contributed by atoms with E-state index in [2.05, 4.69) is 5.32 Å². The number of hydrogen-bond donors (Lipinski definition) is 1. The number of nitrogens with zero attached hydrogens (tertiary/aromatic N) is 1. The first-order valence-electron chi connectivity index (χ1n) is 11.1. The number of rotatable bonds is 9. The van der Waals surface area contributed by atoms with Crippen LogP contribution >= 0.6 is 0 Å². The first kappa shape index (κ1) is 24.9. The van der Waals surface area contributed by atoms with Gasteiger partial charge in [-0.1, -0.05) is 30.3 Å². The number of carbonyl (C=O) groups is 3. The highest BCUT2D eigenvalue weighted by Gasteiger charge is 2.39. The molecule has 0 aromatic heterocycles. The van der Waals surface area contributed by atoms with Gasteiger partial charge in [-0.3, -0.25) is 14.9 Å². The molecule has 1 saturated heterocycles. The normalized spacial score (nSPS) is 18.4. The van der Waals surface area contributed by atoms with E-state index < -0.39 is 23.7 Å². The van der Waals surface area contributed by atoms with Crippen molar-refractivity contribution in [3.8, 4) is 0 Å². The standard InChI is InChI=1S/C24H36N2O5/c1-6-30-22(28)19(15-14-18-11-8-7-9-12-18)25-17(2)21(27)26-16-10-13-20(26)23(29)31-24(3,4)5/h7-9,11-12,17,19-20,25H,6,10,13-16H2,1-5H3/t17-,19-,20-/m0/s1. The first-order chi connectivity index (χ1) is 14.6. The molecular weight excluding hydrogens is 396 g/mol. The second-order valence-electron chi connectivity index (χ2n) is 8.94. The second-order valence-corrected chi connectivity index (χ2v) is 8.94. The summed E-state index contributed by atoms with van der Waals surface area (Å²) in [7, 11) is 0. The Balaban J connectivity index is 2.03. The Labute approximate surface area is 185 Å². The van der Waals surface area contributed by atoms with E-state index in [9.17, 15) is 14.4 Å². The van der Waals surface area contributed by atoms with E-state index in [4.69, 9.17) is 9.47 Å². The molecule has 31 heavy (non-hydrogen) atoms. The fraction of sp³-hybridized carbons (Fsp3) is 0.625. The molecule has 3 atom stereocenters. The van der Waals surface area contributed by atoms with Crippen LogP contribution in [0, 0.1) is 0 Å². The van der Waals surface area contributed by atoms with Crippen molar-refractivity contribution in [2.24, 2.45) is 0 Å². The fourth-order valence-electron chi connectivity index (χ4n) is 3.73. The Morgan fingerprint density at radius 1 is 1.19 bits per heavy atom. The fourth-order valence-corrected chi connectivity index (χ4v) is 3.73. The monoisotopic (exact) mass is 432 g/mol. The lowest BCUT2D eigenvalue weighted by Gasteiger charge is -2.30. The number of amides is 1. The Kier molecular flexibility index (Phi) is 9.04. The summed E-state index contributed by atoms with van der Waals surface area (Å²) in [5.74, 6) is -0.956. The van der Waals surface area contributed by atoms with Crippen molar-refractivity contribution >= 4 is 17.8 Å². The lowest BCUT2D eigenvalue weighted by atomic mass is 10.0. The van der Waals surface area contributed by atoms with E-state index in [-0.39, 0.29) is 24.5 Å². The van der Waals surface area contributed by atoms with E-state index >= 15 is 0 Å². The van der Waals surface area contributed by atoms with Gasteiger partial charge in [0.15, 0.2) is 0 Å². The third-order valence-electron chi connectivity index (χ3n) is 5.17. The maximum Gasteiger partial charge on any atom is 0.329 e. The third-order valence-corrected chi connectivity index (χ3v) is 5.17. The highest BCUT2D eigenvalue weighted by atomic mass is 16.6. The molecule has 0 aliphatic carbocycles. The molecule has 1 amide bonds. The van der Waals surface area contributed by atoms with Crippen molar-refractivity contribution in [2.45, 2.75) is 84.0 Å². The molecule has 1 aliphatic rings. The van der Waals surface area contributed by atoms with Crippen molar-refractivity contribution in [3.05, 3.63) is 35.9 Å². The molecule has 1 aliphatic heterocycles. The molecule has 1 heterocycles. The molecule has 0 spiro atoms. The Morgan fingerprint density at radius 3 is 2.48 bits per heavy atom. The molecule has 7 heteroatoms. The van der Waals surface area contributed by atoms with Gasteiger partial charge in [0.25, 0.3) is 0 Å². The summed E-state index contributed by atoms with van der Waals surface area (Å²) in [6.07, 6.45) is 2.53. The first-order valence-corrected chi connectivity index (χ1v) is 11.1. The van der Waals surface area contributed by atoms with Crippen molar-refractivity contribution in [1.82, 2.24) is 10.2 Å². The van der Waals surface area contributed by atoms with Gasteiger partial charge < -0.3 is 14.4 Å². The zero-order valence-electron chi connectivity index (χ0n) is 19.3. The van der Waals surface area contributed by atoms with Gasteiger partial charge >= 0.3 is 11.9 Å². The number of likely N-dealkylation sites (tertiary alicyclic amines) is 1. The van der Waals surface area contributed by atoms with E-state index in [1.165, 1.54) is 0 Å². The minimum atomic E-state index is -0.631. The van der Waals surface area contributed by atoms with Crippen LogP contribution < -0.4 is 5.32 Å². The van der Waals surface area contributed by atoms with E-state index in [1.807, 2.05) is 51.1 Å². The molecule has 1 aromatic rings. The van der Waals surface area contributed by atoms with Gasteiger partial charge in [0.05, 0.1) is 12.6 Å². The summed E-state index contributed by atoms with van der Waals surface area (Å²) in [4.78, 5) is 39.7. The molecule has 1 N–H and O–H groups in total. The topological polar surface area (TPSA) is 84.9 Å². The molecule has 2 rings (SSSR count). The molecular formula is C24H36N2O5. The maximum absolute atomic E-state index is 13.1. The average Bonchev–Trinajstić information content (AvgIpc) is 3.20. The molecule has 172 valence electrons. The number of hydrogen-bond acceptors (Lipinski definition) is 6. The molecule has 1 aromatic carbocycles. The van der Waals surface area contributed by atoms with Gasteiger partial charge in [-0.2, -0.15) is 0 Å². The zero-order chi connectivity index (χ0) is 23.0. The maximum atomic E-state index is 13.1.